The van der Waals surface area contributed by atoms with Gasteiger partial charge in [0.05, 0.1) is 24.9 Å². The van der Waals surface area contributed by atoms with Crippen molar-refractivity contribution in [2.45, 2.75) is 13.3 Å². The summed E-state index contributed by atoms with van der Waals surface area (Å²) in [4.78, 5) is 18.1. The minimum absolute atomic E-state index is 0.106. The number of nitrogens with one attached hydrogen (secondary N) is 1. The largest absolute Gasteiger partial charge is 0.495 e. The summed E-state index contributed by atoms with van der Waals surface area (Å²) in [6.07, 6.45) is 2.19. The zero-order valence-corrected chi connectivity index (χ0v) is 17.0. The first-order valence-corrected chi connectivity index (χ1v) is 9.95. The Labute approximate surface area is 171 Å². The molecule has 4 aromatic rings. The number of rotatable bonds is 5. The number of nitrogens with zero attached hydrogens (tertiary/aromatic N) is 2. The molecule has 0 fully saturated rings. The number of aryl methyl sites for hydroxylation is 1. The van der Waals surface area contributed by atoms with Crippen LogP contribution in [0.2, 0.25) is 5.02 Å². The van der Waals surface area contributed by atoms with Gasteiger partial charge in [0, 0.05) is 27.9 Å². The maximum Gasteiger partial charge on any atom is 0.230 e. The van der Waals surface area contributed by atoms with E-state index in [0.717, 1.165) is 27.5 Å². The number of thiazole rings is 1. The van der Waals surface area contributed by atoms with E-state index in [2.05, 4.69) is 10.3 Å². The van der Waals surface area contributed by atoms with Gasteiger partial charge in [0.1, 0.15) is 5.75 Å². The van der Waals surface area contributed by atoms with Crippen LogP contribution in [0, 0.1) is 6.92 Å². The number of ether oxygens (including phenoxy) is 1. The molecule has 0 aliphatic rings. The molecule has 0 saturated carbocycles. The zero-order valence-electron chi connectivity index (χ0n) is 15.4. The van der Waals surface area contributed by atoms with Gasteiger partial charge in [-0.05, 0) is 36.8 Å². The van der Waals surface area contributed by atoms with E-state index in [1.165, 1.54) is 11.3 Å². The molecule has 28 heavy (non-hydrogen) atoms. The van der Waals surface area contributed by atoms with E-state index in [-0.39, 0.29) is 12.3 Å². The highest BCUT2D eigenvalue weighted by Gasteiger charge is 2.14. The van der Waals surface area contributed by atoms with E-state index in [4.69, 9.17) is 16.3 Å². The monoisotopic (exact) mass is 411 g/mol. The second kappa shape index (κ2) is 7.66. The van der Waals surface area contributed by atoms with E-state index >= 15 is 0 Å². The van der Waals surface area contributed by atoms with Crippen LogP contribution >= 0.6 is 22.9 Å². The maximum atomic E-state index is 12.6. The molecule has 1 amide bonds. The Balaban J connectivity index is 1.56. The molecule has 7 heteroatoms. The molecule has 2 aromatic carbocycles. The molecular weight excluding hydrogens is 394 g/mol. The van der Waals surface area contributed by atoms with E-state index in [9.17, 15) is 4.79 Å². The van der Waals surface area contributed by atoms with Crippen LogP contribution in [0.15, 0.2) is 54.0 Å². The van der Waals surface area contributed by atoms with Gasteiger partial charge in [0.25, 0.3) is 0 Å². The minimum Gasteiger partial charge on any atom is -0.495 e. The van der Waals surface area contributed by atoms with Gasteiger partial charge in [-0.15, -0.1) is 11.3 Å². The zero-order chi connectivity index (χ0) is 19.7. The van der Waals surface area contributed by atoms with Gasteiger partial charge in [-0.1, -0.05) is 29.8 Å². The molecule has 0 radical (unpaired) electrons. The van der Waals surface area contributed by atoms with Crippen LogP contribution in [0.5, 0.6) is 5.75 Å². The van der Waals surface area contributed by atoms with Gasteiger partial charge < -0.3 is 10.1 Å². The van der Waals surface area contributed by atoms with E-state index in [0.29, 0.717) is 16.5 Å². The van der Waals surface area contributed by atoms with Crippen LogP contribution in [0.4, 0.5) is 5.69 Å². The Morgan fingerprint density at radius 1 is 1.25 bits per heavy atom. The number of aromatic nitrogens is 2. The van der Waals surface area contributed by atoms with Crippen LogP contribution in [-0.2, 0) is 11.2 Å². The molecule has 2 heterocycles. The summed E-state index contributed by atoms with van der Waals surface area (Å²) in [5, 5.41) is 5.59. The standard InChI is InChI=1S/C21H18ClN3O2S/c1-13-3-8-19(27-2)17(9-13)23-20(26)10-16-12-28-21-24-18(11-25(16)21)14-4-6-15(22)7-5-14/h3-9,11-12H,10H2,1-2H3,(H,23,26). The number of carbonyl (C=O) groups is 1. The molecule has 4 rings (SSSR count). The normalized spacial score (nSPS) is 11.0. The van der Waals surface area contributed by atoms with E-state index in [1.54, 1.807) is 7.11 Å². The van der Waals surface area contributed by atoms with Gasteiger partial charge in [-0.3, -0.25) is 9.20 Å². The fourth-order valence-electron chi connectivity index (χ4n) is 2.99. The number of methoxy groups -OCH3 is 1. The average molecular weight is 412 g/mol. The van der Waals surface area contributed by atoms with Crippen molar-refractivity contribution in [3.63, 3.8) is 0 Å². The molecule has 0 spiro atoms. The summed E-state index contributed by atoms with van der Waals surface area (Å²) in [6, 6.07) is 13.2. The number of fused-ring (bicyclic) bond motifs is 1. The molecule has 2 aromatic heterocycles. The predicted molar refractivity (Wildman–Crippen MR) is 114 cm³/mol. The highest BCUT2D eigenvalue weighted by Crippen LogP contribution is 2.27. The highest BCUT2D eigenvalue weighted by atomic mass is 35.5. The summed E-state index contributed by atoms with van der Waals surface area (Å²) < 4.78 is 7.29. The molecule has 0 aliphatic carbocycles. The van der Waals surface area contributed by atoms with Gasteiger partial charge in [-0.2, -0.15) is 0 Å². The Bertz CT molecular complexity index is 1150. The lowest BCUT2D eigenvalue weighted by atomic mass is 10.2. The molecule has 1 N–H and O–H groups in total. The average Bonchev–Trinajstić information content (AvgIpc) is 3.24. The third-order valence-electron chi connectivity index (χ3n) is 4.39. The van der Waals surface area contributed by atoms with Crippen LogP contribution in [0.3, 0.4) is 0 Å². The number of amides is 1. The quantitative estimate of drug-likeness (QED) is 0.490. The number of benzene rings is 2. The number of carbonyl (C=O) groups excluding carboxylic acids is 1. The first-order chi connectivity index (χ1) is 13.5. The van der Waals surface area contributed by atoms with Crippen molar-refractivity contribution in [2.75, 3.05) is 12.4 Å². The molecule has 0 bridgehead atoms. The van der Waals surface area contributed by atoms with Crippen molar-refractivity contribution in [3.05, 3.63) is 70.3 Å². The Hall–Kier alpha value is -2.83. The number of halogens is 1. The van der Waals surface area contributed by atoms with Gasteiger partial charge in [0.2, 0.25) is 5.91 Å². The SMILES string of the molecule is COc1ccc(C)cc1NC(=O)Cc1csc2nc(-c3ccc(Cl)cc3)cn12. The highest BCUT2D eigenvalue weighted by molar-refractivity contribution is 7.15. The summed E-state index contributed by atoms with van der Waals surface area (Å²) in [5.41, 5.74) is 4.45. The number of hydrogen-bond acceptors (Lipinski definition) is 4. The minimum atomic E-state index is -0.106. The van der Waals surface area contributed by atoms with Gasteiger partial charge >= 0.3 is 0 Å². The number of anilines is 1. The van der Waals surface area contributed by atoms with Crippen molar-refractivity contribution in [1.82, 2.24) is 9.38 Å². The lowest BCUT2D eigenvalue weighted by molar-refractivity contribution is -0.115. The first-order valence-electron chi connectivity index (χ1n) is 8.69. The summed E-state index contributed by atoms with van der Waals surface area (Å²) in [7, 11) is 1.59. The maximum absolute atomic E-state index is 12.6. The predicted octanol–water partition coefficient (Wildman–Crippen LogP) is 5.21. The number of imidazole rings is 1. The smallest absolute Gasteiger partial charge is 0.230 e. The molecule has 0 unspecified atom stereocenters. The van der Waals surface area contributed by atoms with Crippen molar-refractivity contribution >= 4 is 39.5 Å². The Morgan fingerprint density at radius 2 is 2.04 bits per heavy atom. The summed E-state index contributed by atoms with van der Waals surface area (Å²) in [5.74, 6) is 0.535. The second-order valence-corrected chi connectivity index (χ2v) is 7.71. The Kier molecular flexibility index (Phi) is 5.07. The summed E-state index contributed by atoms with van der Waals surface area (Å²) in [6.45, 7) is 1.97. The fourth-order valence-corrected chi connectivity index (χ4v) is 3.99. The second-order valence-electron chi connectivity index (χ2n) is 6.44. The number of hydrogen-bond donors (Lipinski definition) is 1. The fraction of sp³-hybridized carbons (Fsp3) is 0.143. The van der Waals surface area contributed by atoms with E-state index < -0.39 is 0 Å². The summed E-state index contributed by atoms with van der Waals surface area (Å²) >= 11 is 7.47. The van der Waals surface area contributed by atoms with Crippen molar-refractivity contribution in [1.29, 1.82) is 0 Å². The third-order valence-corrected chi connectivity index (χ3v) is 5.53. The van der Waals surface area contributed by atoms with Crippen molar-refractivity contribution in [2.24, 2.45) is 0 Å². The molecule has 142 valence electrons. The molecular formula is C21H18ClN3O2S. The first kappa shape index (κ1) is 18.5. The molecule has 5 nitrogen and oxygen atoms in total. The topological polar surface area (TPSA) is 55.6 Å². The van der Waals surface area contributed by atoms with Gasteiger partial charge in [-0.25, -0.2) is 4.98 Å². The van der Waals surface area contributed by atoms with Gasteiger partial charge in [0.15, 0.2) is 4.96 Å². The lowest BCUT2D eigenvalue weighted by Gasteiger charge is -2.10. The van der Waals surface area contributed by atoms with Crippen LogP contribution in [0.1, 0.15) is 11.3 Å². The molecule has 0 saturated heterocycles. The Morgan fingerprint density at radius 3 is 2.79 bits per heavy atom. The molecule has 0 atom stereocenters. The van der Waals surface area contributed by atoms with Crippen LogP contribution in [-0.4, -0.2) is 22.4 Å². The lowest BCUT2D eigenvalue weighted by Crippen LogP contribution is -2.16. The van der Waals surface area contributed by atoms with Crippen molar-refractivity contribution in [3.8, 4) is 17.0 Å². The van der Waals surface area contributed by atoms with E-state index in [1.807, 2.05) is 65.4 Å². The molecule has 0 aliphatic heterocycles. The van der Waals surface area contributed by atoms with Crippen LogP contribution in [0.25, 0.3) is 16.2 Å². The third kappa shape index (κ3) is 3.74. The van der Waals surface area contributed by atoms with Crippen molar-refractivity contribution < 1.29 is 9.53 Å². The van der Waals surface area contributed by atoms with Crippen LogP contribution < -0.4 is 10.1 Å².